The minimum Gasteiger partial charge on any atom is -0.486 e. The average molecular weight is 448 g/mol. The average Bonchev–Trinajstić information content (AvgIpc) is 3.13. The third kappa shape index (κ3) is 4.57. The quantitative estimate of drug-likeness (QED) is 0.538. The van der Waals surface area contributed by atoms with Crippen molar-refractivity contribution in [2.75, 3.05) is 44.2 Å². The molecular formula is C25H29N5O3. The summed E-state index contributed by atoms with van der Waals surface area (Å²) in [5, 5.41) is 0. The van der Waals surface area contributed by atoms with E-state index in [-0.39, 0.29) is 11.9 Å². The zero-order chi connectivity index (χ0) is 22.8. The van der Waals surface area contributed by atoms with Crippen LogP contribution >= 0.6 is 0 Å². The van der Waals surface area contributed by atoms with Gasteiger partial charge in [-0.2, -0.15) is 0 Å². The van der Waals surface area contributed by atoms with Crippen LogP contribution in [-0.4, -0.2) is 70.7 Å². The van der Waals surface area contributed by atoms with Crippen LogP contribution in [0.25, 0.3) is 0 Å². The zero-order valence-corrected chi connectivity index (χ0v) is 19.1. The van der Waals surface area contributed by atoms with Crippen molar-refractivity contribution in [1.82, 2.24) is 19.4 Å². The molecule has 1 saturated heterocycles. The van der Waals surface area contributed by atoms with Crippen LogP contribution in [0.1, 0.15) is 21.7 Å². The Labute approximate surface area is 193 Å². The molecule has 0 spiro atoms. The van der Waals surface area contributed by atoms with Crippen LogP contribution in [0.2, 0.25) is 0 Å². The Kier molecular flexibility index (Phi) is 6.00. The number of Topliss-reactive ketones (excluding diaryl/α,β-unsaturated/α-hetero) is 1. The topological polar surface area (TPSA) is 72.7 Å². The highest BCUT2D eigenvalue weighted by Gasteiger charge is 2.26. The zero-order valence-electron chi connectivity index (χ0n) is 19.1. The van der Waals surface area contributed by atoms with Crippen molar-refractivity contribution in [2.24, 2.45) is 0 Å². The number of hydrogen-bond acceptors (Lipinski definition) is 7. The molecule has 8 heteroatoms. The van der Waals surface area contributed by atoms with Gasteiger partial charge in [0.2, 0.25) is 5.95 Å². The van der Waals surface area contributed by atoms with Gasteiger partial charge in [0.25, 0.3) is 0 Å². The summed E-state index contributed by atoms with van der Waals surface area (Å²) in [6.07, 6.45) is 3.43. The number of para-hydroxylation sites is 2. The lowest BCUT2D eigenvalue weighted by Gasteiger charge is -2.34. The Morgan fingerprint density at radius 3 is 2.52 bits per heavy atom. The highest BCUT2D eigenvalue weighted by molar-refractivity contribution is 5.99. The molecule has 2 aliphatic heterocycles. The van der Waals surface area contributed by atoms with Crippen LogP contribution in [0.3, 0.4) is 0 Å². The maximum absolute atomic E-state index is 13.2. The van der Waals surface area contributed by atoms with Gasteiger partial charge in [0.15, 0.2) is 23.4 Å². The number of carbonyl (C=O) groups excluding carboxylic acids is 1. The summed E-state index contributed by atoms with van der Waals surface area (Å²) in [6, 6.07) is 11.6. The van der Waals surface area contributed by atoms with Crippen molar-refractivity contribution < 1.29 is 14.3 Å². The van der Waals surface area contributed by atoms with Crippen molar-refractivity contribution >= 4 is 11.7 Å². The van der Waals surface area contributed by atoms with Gasteiger partial charge in [-0.15, -0.1) is 0 Å². The molecule has 0 radical (unpaired) electrons. The molecule has 1 aromatic carbocycles. The molecule has 0 bridgehead atoms. The van der Waals surface area contributed by atoms with Crippen LogP contribution in [0.5, 0.6) is 11.5 Å². The fourth-order valence-corrected chi connectivity index (χ4v) is 4.57. The maximum atomic E-state index is 13.2. The van der Waals surface area contributed by atoms with Crippen LogP contribution in [0.4, 0.5) is 5.95 Å². The normalized spacial score (nSPS) is 18.4. The van der Waals surface area contributed by atoms with E-state index in [1.165, 1.54) is 0 Å². The number of fused-ring (bicyclic) bond motifs is 1. The second-order valence-corrected chi connectivity index (χ2v) is 8.63. The predicted octanol–water partition coefficient (Wildman–Crippen LogP) is 2.74. The molecule has 8 nitrogen and oxygen atoms in total. The first kappa shape index (κ1) is 21.5. The van der Waals surface area contributed by atoms with Crippen molar-refractivity contribution in [1.29, 1.82) is 0 Å². The van der Waals surface area contributed by atoms with E-state index >= 15 is 0 Å². The molecule has 172 valence electrons. The van der Waals surface area contributed by atoms with Crippen molar-refractivity contribution in [3.05, 3.63) is 65.7 Å². The number of piperazine rings is 1. The van der Waals surface area contributed by atoms with E-state index < -0.39 is 0 Å². The van der Waals surface area contributed by atoms with Crippen LogP contribution in [0.15, 0.2) is 48.8 Å². The van der Waals surface area contributed by atoms with Crippen LogP contribution < -0.4 is 14.4 Å². The molecule has 3 aromatic rings. The highest BCUT2D eigenvalue weighted by Crippen LogP contribution is 2.31. The smallest absolute Gasteiger partial charge is 0.225 e. The molecule has 0 saturated carbocycles. The lowest BCUT2D eigenvalue weighted by Crippen LogP contribution is -2.48. The Hall–Kier alpha value is -3.39. The van der Waals surface area contributed by atoms with Gasteiger partial charge in [0.1, 0.15) is 6.61 Å². The first-order valence-corrected chi connectivity index (χ1v) is 11.4. The first-order valence-electron chi connectivity index (χ1n) is 11.4. The van der Waals surface area contributed by atoms with Crippen molar-refractivity contribution in [2.45, 2.75) is 26.5 Å². The molecule has 0 aliphatic carbocycles. The Balaban J connectivity index is 1.20. The standard InChI is InChI=1S/C25H29N5O3/c1-18-14-21(19(2)30(18)15-20-17-32-23-6-3-4-7-24(23)33-20)22(31)16-28-10-12-29(13-11-28)25-26-8-5-9-27-25/h3-9,14,20H,10-13,15-17H2,1-2H3/t20-/m1/s1. The number of benzene rings is 1. The molecule has 0 amide bonds. The van der Waals surface area contributed by atoms with E-state index in [4.69, 9.17) is 9.47 Å². The van der Waals surface area contributed by atoms with Crippen LogP contribution in [-0.2, 0) is 6.54 Å². The Morgan fingerprint density at radius 2 is 1.76 bits per heavy atom. The predicted molar refractivity (Wildman–Crippen MR) is 125 cm³/mol. The number of ketones is 1. The molecule has 0 unspecified atom stereocenters. The number of aromatic nitrogens is 3. The molecule has 1 atom stereocenters. The fourth-order valence-electron chi connectivity index (χ4n) is 4.57. The van der Waals surface area contributed by atoms with Gasteiger partial charge in [0, 0.05) is 55.5 Å². The van der Waals surface area contributed by atoms with Crippen LogP contribution in [0, 0.1) is 13.8 Å². The molecular weight excluding hydrogens is 418 g/mol. The molecule has 4 heterocycles. The summed E-state index contributed by atoms with van der Waals surface area (Å²) >= 11 is 0. The number of aryl methyl sites for hydroxylation is 1. The van der Waals surface area contributed by atoms with Gasteiger partial charge in [0.05, 0.1) is 13.1 Å². The van der Waals surface area contributed by atoms with Gasteiger partial charge in [-0.3, -0.25) is 9.69 Å². The van der Waals surface area contributed by atoms with E-state index in [1.54, 1.807) is 12.4 Å². The summed E-state index contributed by atoms with van der Waals surface area (Å²) in [5.74, 6) is 2.46. The number of hydrogen-bond donors (Lipinski definition) is 0. The second kappa shape index (κ2) is 9.23. The monoisotopic (exact) mass is 447 g/mol. The minimum absolute atomic E-state index is 0.0964. The van der Waals surface area contributed by atoms with Gasteiger partial charge in [-0.25, -0.2) is 9.97 Å². The Bertz CT molecular complexity index is 1120. The third-order valence-corrected chi connectivity index (χ3v) is 6.40. The largest absolute Gasteiger partial charge is 0.486 e. The summed E-state index contributed by atoms with van der Waals surface area (Å²) in [4.78, 5) is 26.2. The minimum atomic E-state index is -0.0964. The fraction of sp³-hybridized carbons (Fsp3) is 0.400. The Morgan fingerprint density at radius 1 is 1.03 bits per heavy atom. The third-order valence-electron chi connectivity index (χ3n) is 6.40. The van der Waals surface area contributed by atoms with Crippen molar-refractivity contribution in [3.63, 3.8) is 0 Å². The number of rotatable bonds is 6. The lowest BCUT2D eigenvalue weighted by atomic mass is 10.1. The van der Waals surface area contributed by atoms with E-state index in [2.05, 4.69) is 24.3 Å². The molecule has 2 aliphatic rings. The molecule has 1 fully saturated rings. The van der Waals surface area contributed by atoms with Gasteiger partial charge in [-0.1, -0.05) is 12.1 Å². The van der Waals surface area contributed by atoms with Gasteiger partial charge < -0.3 is 18.9 Å². The molecule has 0 N–H and O–H groups in total. The molecule has 2 aromatic heterocycles. The second-order valence-electron chi connectivity index (χ2n) is 8.63. The number of ether oxygens (including phenoxy) is 2. The summed E-state index contributed by atoms with van der Waals surface area (Å²) in [6.45, 7) is 8.88. The van der Waals surface area contributed by atoms with Gasteiger partial charge >= 0.3 is 0 Å². The molecule has 33 heavy (non-hydrogen) atoms. The summed E-state index contributed by atoms with van der Waals surface area (Å²) in [5.41, 5.74) is 2.83. The van der Waals surface area contributed by atoms with E-state index in [0.29, 0.717) is 19.7 Å². The number of carbonyl (C=O) groups is 1. The number of nitrogens with zero attached hydrogens (tertiary/aromatic N) is 5. The van der Waals surface area contributed by atoms with Crippen molar-refractivity contribution in [3.8, 4) is 11.5 Å². The summed E-state index contributed by atoms with van der Waals surface area (Å²) in [7, 11) is 0. The summed E-state index contributed by atoms with van der Waals surface area (Å²) < 4.78 is 14.2. The lowest BCUT2D eigenvalue weighted by molar-refractivity contribution is 0.0777. The van der Waals surface area contributed by atoms with E-state index in [1.807, 2.05) is 50.2 Å². The highest BCUT2D eigenvalue weighted by atomic mass is 16.6. The molecule has 5 rings (SSSR count). The van der Waals surface area contributed by atoms with E-state index in [0.717, 1.165) is 60.6 Å². The SMILES string of the molecule is Cc1cc(C(=O)CN2CCN(c3ncccn3)CC2)c(C)n1C[C@@H]1COc2ccccc2O1. The van der Waals surface area contributed by atoms with E-state index in [9.17, 15) is 4.79 Å². The first-order chi connectivity index (χ1) is 16.1. The number of anilines is 1. The van der Waals surface area contributed by atoms with Gasteiger partial charge in [-0.05, 0) is 38.1 Å². The maximum Gasteiger partial charge on any atom is 0.225 e.